The summed E-state index contributed by atoms with van der Waals surface area (Å²) in [5, 5.41) is 0.804. The molecule has 1 N–H and O–H groups in total. The first kappa shape index (κ1) is 12.2. The topological polar surface area (TPSA) is 21.4 Å². The van der Waals surface area contributed by atoms with Crippen LogP contribution in [0, 0.1) is 0 Å². The summed E-state index contributed by atoms with van der Waals surface area (Å²) < 4.78 is 39.5. The molecule has 1 nitrogen and oxygen atoms in total. The van der Waals surface area contributed by atoms with Crippen LogP contribution >= 0.6 is 11.3 Å². The molecule has 0 aliphatic rings. The number of rotatable bonds is 0. The van der Waals surface area contributed by atoms with E-state index in [1.807, 2.05) is 12.1 Å². The maximum absolute atomic E-state index is 12.7. The van der Waals surface area contributed by atoms with Gasteiger partial charge in [-0.05, 0) is 30.3 Å². The summed E-state index contributed by atoms with van der Waals surface area (Å²) in [6, 6.07) is 10.5. The highest BCUT2D eigenvalue weighted by molar-refractivity contribution is 7.24. The van der Waals surface area contributed by atoms with E-state index in [0.29, 0.717) is 10.1 Å². The standard InChI is InChI=1S/C14H7F3OS/c15-14(16,17)8-5-6-12-10(7-8)13(18)9-3-1-2-4-11(9)19-12/h1-7H/p+1. The summed E-state index contributed by atoms with van der Waals surface area (Å²) in [6.07, 6.45) is -4.41. The minimum atomic E-state index is -4.41. The molecular formula is C14H8F3OS+. The highest BCUT2D eigenvalue weighted by atomic mass is 32.1. The van der Waals surface area contributed by atoms with Crippen molar-refractivity contribution in [2.45, 2.75) is 6.18 Å². The molecule has 0 atom stereocenters. The van der Waals surface area contributed by atoms with Crippen molar-refractivity contribution in [3.63, 3.8) is 0 Å². The molecule has 3 rings (SSSR count). The van der Waals surface area contributed by atoms with Crippen molar-refractivity contribution in [2.24, 2.45) is 0 Å². The van der Waals surface area contributed by atoms with Crippen molar-refractivity contribution < 1.29 is 18.0 Å². The van der Waals surface area contributed by atoms with Crippen molar-refractivity contribution in [1.82, 2.24) is 0 Å². The average molecular weight is 281 g/mol. The van der Waals surface area contributed by atoms with Crippen LogP contribution in [0.2, 0.25) is 0 Å². The van der Waals surface area contributed by atoms with Gasteiger partial charge in [0.15, 0.2) is 0 Å². The fraction of sp³-hybridized carbons (Fsp3) is 0.0714. The van der Waals surface area contributed by atoms with Crippen molar-refractivity contribution >= 4 is 31.5 Å². The number of hydrogen-bond donors (Lipinski definition) is 0. The van der Waals surface area contributed by atoms with Gasteiger partial charge in [0.05, 0.1) is 16.3 Å². The van der Waals surface area contributed by atoms with Crippen molar-refractivity contribution in [3.05, 3.63) is 53.5 Å². The number of benzene rings is 2. The van der Waals surface area contributed by atoms with E-state index in [-0.39, 0.29) is 10.8 Å². The summed E-state index contributed by atoms with van der Waals surface area (Å²) in [5.41, 5.74) is -0.853. The van der Waals surface area contributed by atoms with Gasteiger partial charge < -0.3 is 0 Å². The zero-order valence-corrected chi connectivity index (χ0v) is 10.3. The molecular weight excluding hydrogens is 273 g/mol. The lowest BCUT2D eigenvalue weighted by atomic mass is 10.1. The molecule has 19 heavy (non-hydrogen) atoms. The van der Waals surface area contributed by atoms with E-state index in [0.717, 1.165) is 16.8 Å². The SMILES string of the molecule is [OH+]=c1c2ccccc2sc2ccc(C(F)(F)F)cc12. The number of alkyl halides is 3. The molecule has 2 aromatic carbocycles. The van der Waals surface area contributed by atoms with Gasteiger partial charge in [0.25, 0.3) is 0 Å². The molecule has 0 bridgehead atoms. The highest BCUT2D eigenvalue weighted by Gasteiger charge is 2.31. The minimum Gasteiger partial charge on any atom is -0.273 e. The van der Waals surface area contributed by atoms with Gasteiger partial charge in [0, 0.05) is 9.40 Å². The van der Waals surface area contributed by atoms with Crippen molar-refractivity contribution in [3.8, 4) is 0 Å². The van der Waals surface area contributed by atoms with E-state index in [1.165, 1.54) is 17.4 Å². The Hall–Kier alpha value is -1.88. The largest absolute Gasteiger partial charge is 0.416 e. The third-order valence-electron chi connectivity index (χ3n) is 2.92. The van der Waals surface area contributed by atoms with Crippen LogP contribution < -0.4 is 5.43 Å². The predicted octanol–water partition coefficient (Wildman–Crippen LogP) is 4.08. The Bertz CT molecular complexity index is 833. The Labute approximate surface area is 109 Å². The average Bonchev–Trinajstić information content (AvgIpc) is 2.37. The molecule has 3 aromatic rings. The smallest absolute Gasteiger partial charge is 0.273 e. The molecule has 0 amide bonds. The summed E-state index contributed by atoms with van der Waals surface area (Å²) in [6.45, 7) is 0. The fourth-order valence-electron chi connectivity index (χ4n) is 2.00. The van der Waals surface area contributed by atoms with Gasteiger partial charge in [0.2, 0.25) is 0 Å². The summed E-state index contributed by atoms with van der Waals surface area (Å²) in [4.78, 5) is 10.1. The third-order valence-corrected chi connectivity index (χ3v) is 4.08. The lowest BCUT2D eigenvalue weighted by molar-refractivity contribution is -0.137. The predicted molar refractivity (Wildman–Crippen MR) is 69.4 cm³/mol. The van der Waals surface area contributed by atoms with Crippen LogP contribution in [0.4, 0.5) is 13.2 Å². The van der Waals surface area contributed by atoms with Crippen LogP contribution in [0.5, 0.6) is 0 Å². The van der Waals surface area contributed by atoms with E-state index in [4.69, 9.17) is 0 Å². The quantitative estimate of drug-likeness (QED) is 0.437. The molecule has 5 heteroatoms. The molecule has 0 aliphatic heterocycles. The van der Waals surface area contributed by atoms with Gasteiger partial charge in [-0.1, -0.05) is 12.1 Å². The van der Waals surface area contributed by atoms with Gasteiger partial charge in [-0.25, -0.2) is 0 Å². The molecule has 0 saturated carbocycles. The molecule has 0 radical (unpaired) electrons. The zero-order valence-electron chi connectivity index (χ0n) is 9.53. The van der Waals surface area contributed by atoms with Gasteiger partial charge in [0.1, 0.15) is 0 Å². The van der Waals surface area contributed by atoms with Crippen molar-refractivity contribution in [1.29, 1.82) is 0 Å². The third kappa shape index (κ3) is 2.00. The number of hydrogen-bond acceptors (Lipinski definition) is 1. The molecule has 0 aliphatic carbocycles. The number of fused-ring (bicyclic) bond motifs is 2. The highest BCUT2D eigenvalue weighted by Crippen LogP contribution is 2.32. The molecule has 0 unspecified atom stereocenters. The van der Waals surface area contributed by atoms with Crippen LogP contribution in [-0.2, 0) is 6.18 Å². The first-order chi connectivity index (χ1) is 8.97. The lowest BCUT2D eigenvalue weighted by Gasteiger charge is -2.06. The van der Waals surface area contributed by atoms with Gasteiger partial charge in [-0.3, -0.25) is 4.79 Å². The van der Waals surface area contributed by atoms with E-state index < -0.39 is 11.7 Å². The fourth-order valence-corrected chi connectivity index (χ4v) is 3.06. The Morgan fingerprint density at radius 3 is 2.32 bits per heavy atom. The molecule has 1 aromatic heterocycles. The van der Waals surface area contributed by atoms with Crippen LogP contribution in [0.15, 0.2) is 42.5 Å². The Morgan fingerprint density at radius 2 is 1.58 bits per heavy atom. The summed E-state index contributed by atoms with van der Waals surface area (Å²) >= 11 is 1.36. The summed E-state index contributed by atoms with van der Waals surface area (Å²) in [5.74, 6) is 0. The maximum atomic E-state index is 12.7. The van der Waals surface area contributed by atoms with Crippen molar-refractivity contribution in [2.75, 3.05) is 0 Å². The molecule has 96 valence electrons. The minimum absolute atomic E-state index is 0.101. The van der Waals surface area contributed by atoms with Gasteiger partial charge in [-0.2, -0.15) is 13.2 Å². The van der Waals surface area contributed by atoms with E-state index in [1.54, 1.807) is 12.1 Å². The van der Waals surface area contributed by atoms with Gasteiger partial charge in [-0.15, -0.1) is 11.3 Å². The monoisotopic (exact) mass is 281 g/mol. The van der Waals surface area contributed by atoms with Crippen LogP contribution in [-0.4, -0.2) is 4.79 Å². The van der Waals surface area contributed by atoms with Gasteiger partial charge >= 0.3 is 11.6 Å². The molecule has 0 fully saturated rings. The van der Waals surface area contributed by atoms with Crippen LogP contribution in [0.1, 0.15) is 5.56 Å². The Morgan fingerprint density at radius 1 is 0.895 bits per heavy atom. The lowest BCUT2D eigenvalue weighted by Crippen LogP contribution is -2.08. The van der Waals surface area contributed by atoms with Crippen LogP contribution in [0.25, 0.3) is 20.2 Å². The second kappa shape index (κ2) is 4.06. The van der Waals surface area contributed by atoms with Crippen LogP contribution in [0.3, 0.4) is 0 Å². The normalized spacial score (nSPS) is 12.2. The van der Waals surface area contributed by atoms with E-state index >= 15 is 0 Å². The Balaban J connectivity index is 2.43. The second-order valence-corrected chi connectivity index (χ2v) is 5.24. The molecule has 1 heterocycles. The Kier molecular flexibility index (Phi) is 2.60. The second-order valence-electron chi connectivity index (χ2n) is 4.16. The van der Waals surface area contributed by atoms with E-state index in [9.17, 15) is 18.0 Å². The first-order valence-corrected chi connectivity index (χ1v) is 6.33. The van der Waals surface area contributed by atoms with E-state index in [2.05, 4.69) is 0 Å². The zero-order chi connectivity index (χ0) is 13.6. The molecule has 0 spiro atoms. The first-order valence-electron chi connectivity index (χ1n) is 5.51. The number of halogens is 3. The summed E-state index contributed by atoms with van der Waals surface area (Å²) in [7, 11) is 0. The molecule has 0 saturated heterocycles. The maximum Gasteiger partial charge on any atom is 0.416 e.